The number of amidine groups is 2. The van der Waals surface area contributed by atoms with Crippen LogP contribution in [0.4, 0.5) is 0 Å². The van der Waals surface area contributed by atoms with E-state index < -0.39 is 0 Å². The molecule has 0 bridgehead atoms. The molecule has 46 heavy (non-hydrogen) atoms. The van der Waals surface area contributed by atoms with Gasteiger partial charge in [-0.3, -0.25) is 0 Å². The van der Waals surface area contributed by atoms with Gasteiger partial charge in [-0.2, -0.15) is 0 Å². The van der Waals surface area contributed by atoms with Crippen LogP contribution in [-0.2, 0) is 0 Å². The van der Waals surface area contributed by atoms with Crippen molar-refractivity contribution in [1.29, 1.82) is 0 Å². The zero-order chi connectivity index (χ0) is 30.5. The Morgan fingerprint density at radius 2 is 1.39 bits per heavy atom. The Balaban J connectivity index is 1.24. The first-order chi connectivity index (χ1) is 22.8. The van der Waals surface area contributed by atoms with Crippen LogP contribution in [0.1, 0.15) is 28.3 Å². The lowest BCUT2D eigenvalue weighted by atomic mass is 9.90. The van der Waals surface area contributed by atoms with Crippen molar-refractivity contribution in [3.63, 3.8) is 0 Å². The zero-order valence-corrected chi connectivity index (χ0v) is 26.4. The maximum atomic E-state index is 5.19. The van der Waals surface area contributed by atoms with Gasteiger partial charge in [-0.05, 0) is 57.3 Å². The van der Waals surface area contributed by atoms with Crippen molar-refractivity contribution in [3.05, 3.63) is 161 Å². The number of nitrogens with zero attached hydrogens (tertiary/aromatic N) is 2. The zero-order valence-electron chi connectivity index (χ0n) is 24.8. The molecule has 2 N–H and O–H groups in total. The summed E-state index contributed by atoms with van der Waals surface area (Å²) in [5.41, 5.74) is 10.6. The smallest absolute Gasteiger partial charge is 0.134 e. The Kier molecular flexibility index (Phi) is 6.69. The van der Waals surface area contributed by atoms with Crippen molar-refractivity contribution in [2.75, 3.05) is 6.54 Å². The highest BCUT2D eigenvalue weighted by Gasteiger charge is 2.30. The van der Waals surface area contributed by atoms with E-state index in [9.17, 15) is 0 Å². The molecule has 1 atom stereocenters. The minimum atomic E-state index is -0.0417. The summed E-state index contributed by atoms with van der Waals surface area (Å²) in [4.78, 5) is 12.4. The fraction of sp³-hybridized carbons (Fsp3) is 0.0500. The van der Waals surface area contributed by atoms with Crippen molar-refractivity contribution >= 4 is 50.6 Å². The first-order valence-electron chi connectivity index (χ1n) is 15.4. The monoisotopic (exact) mass is 628 g/mol. The second-order valence-electron chi connectivity index (χ2n) is 11.4. The Hall–Kier alpha value is -5.17. The van der Waals surface area contributed by atoms with Gasteiger partial charge in [0.2, 0.25) is 0 Å². The Morgan fingerprint density at radius 1 is 0.674 bits per heavy atom. The fourth-order valence-electron chi connectivity index (χ4n) is 6.56. The summed E-state index contributed by atoms with van der Waals surface area (Å²) in [7, 11) is 0. The van der Waals surface area contributed by atoms with Gasteiger partial charge in [0.25, 0.3) is 0 Å². The number of hydrogen-bond acceptors (Lipinski definition) is 6. The summed E-state index contributed by atoms with van der Waals surface area (Å²) in [6.45, 7) is 0.726. The van der Waals surface area contributed by atoms with Crippen LogP contribution >= 0.6 is 23.1 Å². The van der Waals surface area contributed by atoms with Crippen molar-refractivity contribution in [2.24, 2.45) is 9.98 Å². The summed E-state index contributed by atoms with van der Waals surface area (Å²) in [5, 5.41) is 10.7. The molecule has 3 aliphatic rings. The van der Waals surface area contributed by atoms with Gasteiger partial charge in [-0.15, -0.1) is 11.3 Å². The first-order valence-corrected chi connectivity index (χ1v) is 17.1. The number of fused-ring (bicyclic) bond motifs is 7. The molecule has 9 rings (SSSR count). The van der Waals surface area contributed by atoms with Crippen LogP contribution in [0.2, 0.25) is 0 Å². The standard InChI is InChI=1S/C40H28N4S2/c1-3-10-25(11-4-1)39-41-21-18-33(43-39)31-17-9-16-30-28-14-7-8-15-29(28)35-36-27(20-23-45-36)24-32(38(35)46-37(30)31)34-19-22-42-40(44-34)26-12-5-2-6-13-26/h1-20,22-24,34H,21H2,(H,41,43)(H,42,44). The van der Waals surface area contributed by atoms with E-state index in [1.807, 2.05) is 41.4 Å². The molecule has 6 aromatic rings. The molecule has 3 aliphatic heterocycles. The van der Waals surface area contributed by atoms with Crippen molar-refractivity contribution in [3.8, 4) is 22.3 Å². The summed E-state index contributed by atoms with van der Waals surface area (Å²) >= 11 is 3.69. The van der Waals surface area contributed by atoms with Crippen LogP contribution in [-0.4, -0.2) is 18.2 Å². The van der Waals surface area contributed by atoms with Gasteiger partial charge in [0.1, 0.15) is 11.7 Å². The van der Waals surface area contributed by atoms with E-state index in [0.29, 0.717) is 0 Å². The number of aliphatic imine (C=N–C) groups is 2. The molecule has 0 spiro atoms. The highest BCUT2D eigenvalue weighted by Crippen LogP contribution is 2.55. The predicted octanol–water partition coefficient (Wildman–Crippen LogP) is 9.70. The molecule has 4 nitrogen and oxygen atoms in total. The van der Waals surface area contributed by atoms with Gasteiger partial charge in [-0.25, -0.2) is 9.98 Å². The normalized spacial score (nSPS) is 16.5. The number of rotatable bonds is 4. The third-order valence-electron chi connectivity index (χ3n) is 8.71. The average molecular weight is 629 g/mol. The number of thiophene rings is 1. The molecule has 0 aliphatic carbocycles. The number of benzene rings is 5. The highest BCUT2D eigenvalue weighted by molar-refractivity contribution is 7.99. The maximum Gasteiger partial charge on any atom is 0.134 e. The van der Waals surface area contributed by atoms with E-state index in [2.05, 4.69) is 131 Å². The largest absolute Gasteiger partial charge is 0.366 e. The van der Waals surface area contributed by atoms with Crippen molar-refractivity contribution in [1.82, 2.24) is 10.6 Å². The average Bonchev–Trinajstić information content (AvgIpc) is 3.55. The molecule has 220 valence electrons. The maximum absolute atomic E-state index is 5.19. The van der Waals surface area contributed by atoms with E-state index in [4.69, 9.17) is 9.98 Å². The van der Waals surface area contributed by atoms with Crippen LogP contribution in [0.15, 0.2) is 159 Å². The lowest BCUT2D eigenvalue weighted by molar-refractivity contribution is 0.763. The van der Waals surface area contributed by atoms with E-state index in [1.54, 1.807) is 0 Å². The molecule has 6 heteroatoms. The minimum absolute atomic E-state index is 0.0417. The van der Waals surface area contributed by atoms with Gasteiger partial charge in [0, 0.05) is 49.5 Å². The molecular formula is C40H28N4S2. The summed E-state index contributed by atoms with van der Waals surface area (Å²) < 4.78 is 1.32. The Labute approximate surface area is 276 Å². The Bertz CT molecular complexity index is 2260. The molecule has 0 fully saturated rings. The molecule has 5 aromatic carbocycles. The van der Waals surface area contributed by atoms with E-state index >= 15 is 0 Å². The summed E-state index contributed by atoms with van der Waals surface area (Å²) in [5.74, 6) is 1.79. The summed E-state index contributed by atoms with van der Waals surface area (Å²) in [6.07, 6.45) is 6.33. The summed E-state index contributed by atoms with van der Waals surface area (Å²) in [6, 6.07) is 40.9. The van der Waals surface area contributed by atoms with Gasteiger partial charge in [0.15, 0.2) is 0 Å². The highest BCUT2D eigenvalue weighted by atomic mass is 32.2. The predicted molar refractivity (Wildman–Crippen MR) is 194 cm³/mol. The molecule has 0 saturated carbocycles. The quantitative estimate of drug-likeness (QED) is 0.204. The van der Waals surface area contributed by atoms with E-state index in [1.165, 1.54) is 47.7 Å². The second kappa shape index (κ2) is 11.3. The van der Waals surface area contributed by atoms with E-state index in [0.717, 1.165) is 40.6 Å². The molecule has 0 amide bonds. The molecule has 1 aromatic heterocycles. The van der Waals surface area contributed by atoms with Crippen LogP contribution < -0.4 is 10.6 Å². The van der Waals surface area contributed by atoms with Gasteiger partial charge >= 0.3 is 0 Å². The van der Waals surface area contributed by atoms with Crippen molar-refractivity contribution < 1.29 is 0 Å². The van der Waals surface area contributed by atoms with Gasteiger partial charge in [0.05, 0.1) is 11.7 Å². The molecule has 4 heterocycles. The fourth-order valence-corrected chi connectivity index (χ4v) is 8.96. The molecule has 0 saturated heterocycles. The molecular weight excluding hydrogens is 601 g/mol. The molecule has 0 radical (unpaired) electrons. The van der Waals surface area contributed by atoms with Crippen LogP contribution in [0.25, 0.3) is 38.0 Å². The third kappa shape index (κ3) is 4.61. The van der Waals surface area contributed by atoms with Gasteiger partial charge in [-0.1, -0.05) is 115 Å². The van der Waals surface area contributed by atoms with Crippen LogP contribution in [0.3, 0.4) is 0 Å². The topological polar surface area (TPSA) is 48.8 Å². The minimum Gasteiger partial charge on any atom is -0.366 e. The second-order valence-corrected chi connectivity index (χ2v) is 13.4. The van der Waals surface area contributed by atoms with Crippen LogP contribution in [0, 0.1) is 0 Å². The van der Waals surface area contributed by atoms with Crippen molar-refractivity contribution in [2.45, 2.75) is 15.8 Å². The lowest BCUT2D eigenvalue weighted by Gasteiger charge is -2.25. The Morgan fingerprint density at radius 3 is 2.22 bits per heavy atom. The van der Waals surface area contributed by atoms with Crippen LogP contribution in [0.5, 0.6) is 0 Å². The third-order valence-corrected chi connectivity index (χ3v) is 10.9. The number of hydrogen-bond donors (Lipinski definition) is 2. The van der Waals surface area contributed by atoms with E-state index in [-0.39, 0.29) is 6.04 Å². The van der Waals surface area contributed by atoms with Gasteiger partial charge < -0.3 is 10.6 Å². The SMILES string of the molecule is C1=CC(c2cc3ccsc3c3c2Sc2c(C4=CCNC(c5ccccc5)=N4)cccc2-c2ccccc2-3)NC(c2ccccc2)=N1. The number of nitrogens with one attached hydrogen (secondary N) is 2. The lowest BCUT2D eigenvalue weighted by Crippen LogP contribution is -2.30. The first kappa shape index (κ1) is 27.2. The molecule has 1 unspecified atom stereocenters.